The van der Waals surface area contributed by atoms with Crippen LogP contribution in [0.2, 0.25) is 0 Å². The van der Waals surface area contributed by atoms with Gasteiger partial charge in [0.25, 0.3) is 0 Å². The van der Waals surface area contributed by atoms with Crippen LogP contribution in [0.25, 0.3) is 0 Å². The Balaban J connectivity index is 2.34. The van der Waals surface area contributed by atoms with Crippen molar-refractivity contribution in [2.75, 3.05) is 11.9 Å². The van der Waals surface area contributed by atoms with Crippen molar-refractivity contribution >= 4 is 5.69 Å². The summed E-state index contributed by atoms with van der Waals surface area (Å²) in [4.78, 5) is 0. The minimum atomic E-state index is -0.923. The summed E-state index contributed by atoms with van der Waals surface area (Å²) in [5.41, 5.74) is 3.01. The van der Waals surface area contributed by atoms with Crippen LogP contribution >= 0.6 is 0 Å². The molecule has 0 saturated heterocycles. The highest BCUT2D eigenvalue weighted by Crippen LogP contribution is 2.34. The highest BCUT2D eigenvalue weighted by Gasteiger charge is 2.18. The van der Waals surface area contributed by atoms with Gasteiger partial charge in [0.15, 0.2) is 0 Å². The number of hydrogen-bond acceptors (Lipinski definition) is 1. The predicted octanol–water partition coefficient (Wildman–Crippen LogP) is 3.24. The summed E-state index contributed by atoms with van der Waals surface area (Å²) in [5, 5.41) is 3.23. The van der Waals surface area contributed by atoms with Crippen LogP contribution < -0.4 is 5.32 Å². The number of alkyl halides is 1. The van der Waals surface area contributed by atoms with E-state index in [0.717, 1.165) is 24.2 Å². The van der Waals surface area contributed by atoms with Gasteiger partial charge in [-0.3, -0.25) is 0 Å². The van der Waals surface area contributed by atoms with Gasteiger partial charge in [-0.1, -0.05) is 24.3 Å². The third-order valence-electron chi connectivity index (χ3n) is 2.59. The van der Waals surface area contributed by atoms with Crippen molar-refractivity contribution in [1.82, 2.24) is 0 Å². The van der Waals surface area contributed by atoms with Gasteiger partial charge < -0.3 is 5.32 Å². The van der Waals surface area contributed by atoms with E-state index in [1.54, 1.807) is 6.08 Å². The highest BCUT2D eigenvalue weighted by atomic mass is 19.1. The van der Waals surface area contributed by atoms with Gasteiger partial charge in [0.05, 0.1) is 0 Å². The van der Waals surface area contributed by atoms with Gasteiger partial charge in [-0.2, -0.15) is 0 Å². The van der Waals surface area contributed by atoms with Crippen molar-refractivity contribution in [1.29, 1.82) is 0 Å². The average molecular weight is 191 g/mol. The number of rotatable bonds is 3. The molecule has 0 saturated carbocycles. The molecule has 0 aromatic heterocycles. The van der Waals surface area contributed by atoms with E-state index in [1.807, 2.05) is 12.1 Å². The van der Waals surface area contributed by atoms with Crippen LogP contribution in [0.4, 0.5) is 10.1 Å². The molecule has 1 aliphatic heterocycles. The van der Waals surface area contributed by atoms with E-state index < -0.39 is 6.17 Å². The van der Waals surface area contributed by atoms with Crippen molar-refractivity contribution in [2.24, 2.45) is 0 Å². The topological polar surface area (TPSA) is 12.0 Å². The lowest BCUT2D eigenvalue weighted by Gasteiger charge is -2.11. The number of halogens is 1. The summed E-state index contributed by atoms with van der Waals surface area (Å²) in [6.07, 6.45) is 2.09. The van der Waals surface area contributed by atoms with E-state index in [1.165, 1.54) is 5.56 Å². The van der Waals surface area contributed by atoms with Crippen LogP contribution in [0.1, 0.15) is 23.7 Å². The van der Waals surface area contributed by atoms with Crippen LogP contribution in [0.3, 0.4) is 0 Å². The lowest BCUT2D eigenvalue weighted by molar-refractivity contribution is 0.348. The Morgan fingerprint density at radius 3 is 3.21 bits per heavy atom. The van der Waals surface area contributed by atoms with Crippen molar-refractivity contribution in [3.05, 3.63) is 42.0 Å². The summed E-state index contributed by atoms with van der Waals surface area (Å²) in [5.74, 6) is 0. The molecule has 0 aliphatic carbocycles. The molecule has 1 unspecified atom stereocenters. The second kappa shape index (κ2) is 3.82. The fourth-order valence-electron chi connectivity index (χ4n) is 1.90. The summed E-state index contributed by atoms with van der Waals surface area (Å²) >= 11 is 0. The van der Waals surface area contributed by atoms with Crippen LogP contribution in [-0.4, -0.2) is 6.54 Å². The standard InChI is InChI=1S/C12H14FN/c1-2-4-11(13)10-6-3-5-9-7-8-14-12(9)10/h2-3,5-6,11,14H,1,4,7-8H2. The van der Waals surface area contributed by atoms with Crippen LogP contribution in [0.15, 0.2) is 30.9 Å². The molecule has 14 heavy (non-hydrogen) atoms. The van der Waals surface area contributed by atoms with Gasteiger partial charge in [0.1, 0.15) is 6.17 Å². The van der Waals surface area contributed by atoms with E-state index >= 15 is 0 Å². The van der Waals surface area contributed by atoms with E-state index in [9.17, 15) is 4.39 Å². The molecule has 1 atom stereocenters. The van der Waals surface area contributed by atoms with Gasteiger partial charge in [-0.05, 0) is 12.0 Å². The number of nitrogens with one attached hydrogen (secondary N) is 1. The first kappa shape index (κ1) is 9.25. The lowest BCUT2D eigenvalue weighted by atomic mass is 10.0. The normalized spacial score (nSPS) is 15.8. The molecule has 1 heterocycles. The van der Waals surface area contributed by atoms with Gasteiger partial charge in [-0.25, -0.2) is 4.39 Å². The zero-order valence-corrected chi connectivity index (χ0v) is 8.09. The Hall–Kier alpha value is -1.31. The number of para-hydroxylation sites is 1. The molecule has 74 valence electrons. The molecule has 0 fully saturated rings. The van der Waals surface area contributed by atoms with Crippen molar-refractivity contribution in [3.63, 3.8) is 0 Å². The maximum Gasteiger partial charge on any atom is 0.131 e. The summed E-state index contributed by atoms with van der Waals surface area (Å²) in [7, 11) is 0. The maximum absolute atomic E-state index is 13.7. The fourth-order valence-corrected chi connectivity index (χ4v) is 1.90. The first-order valence-corrected chi connectivity index (χ1v) is 4.93. The molecule has 0 bridgehead atoms. The summed E-state index contributed by atoms with van der Waals surface area (Å²) in [6.45, 7) is 4.48. The molecular weight excluding hydrogens is 177 g/mol. The molecule has 1 N–H and O–H groups in total. The Bertz CT molecular complexity index is 346. The Morgan fingerprint density at radius 2 is 2.43 bits per heavy atom. The number of anilines is 1. The monoisotopic (exact) mass is 191 g/mol. The number of allylic oxidation sites excluding steroid dienone is 1. The first-order chi connectivity index (χ1) is 6.83. The van der Waals surface area contributed by atoms with Crippen molar-refractivity contribution in [2.45, 2.75) is 19.0 Å². The third-order valence-corrected chi connectivity index (χ3v) is 2.59. The SMILES string of the molecule is C=CCC(F)c1cccc2c1NCC2. The zero-order chi connectivity index (χ0) is 9.97. The smallest absolute Gasteiger partial charge is 0.131 e. The quantitative estimate of drug-likeness (QED) is 0.723. The minimum Gasteiger partial charge on any atom is -0.384 e. The molecule has 2 heteroatoms. The molecule has 1 aromatic rings. The Kier molecular flexibility index (Phi) is 2.53. The van der Waals surface area contributed by atoms with E-state index in [2.05, 4.69) is 18.0 Å². The molecule has 0 amide bonds. The summed E-state index contributed by atoms with van der Waals surface area (Å²) < 4.78 is 13.7. The lowest BCUT2D eigenvalue weighted by Crippen LogP contribution is -1.98. The molecule has 1 nitrogen and oxygen atoms in total. The fraction of sp³-hybridized carbons (Fsp3) is 0.333. The average Bonchev–Trinajstić information content (AvgIpc) is 2.65. The van der Waals surface area contributed by atoms with Gasteiger partial charge >= 0.3 is 0 Å². The molecular formula is C12H14FN. The third kappa shape index (κ3) is 1.52. The van der Waals surface area contributed by atoms with Crippen LogP contribution in [0, 0.1) is 0 Å². The molecule has 2 rings (SSSR count). The van der Waals surface area contributed by atoms with Crippen LogP contribution in [-0.2, 0) is 6.42 Å². The number of benzene rings is 1. The molecule has 1 aliphatic rings. The van der Waals surface area contributed by atoms with E-state index in [4.69, 9.17) is 0 Å². The largest absolute Gasteiger partial charge is 0.384 e. The maximum atomic E-state index is 13.7. The van der Waals surface area contributed by atoms with Gasteiger partial charge in [0, 0.05) is 24.2 Å². The Labute approximate surface area is 83.6 Å². The van der Waals surface area contributed by atoms with Crippen molar-refractivity contribution in [3.8, 4) is 0 Å². The first-order valence-electron chi connectivity index (χ1n) is 4.93. The van der Waals surface area contributed by atoms with Gasteiger partial charge in [0.2, 0.25) is 0 Å². The Morgan fingerprint density at radius 1 is 1.57 bits per heavy atom. The van der Waals surface area contributed by atoms with Crippen LogP contribution in [0.5, 0.6) is 0 Å². The second-order valence-corrected chi connectivity index (χ2v) is 3.55. The molecule has 0 radical (unpaired) electrons. The zero-order valence-electron chi connectivity index (χ0n) is 8.09. The van der Waals surface area contributed by atoms with Crippen molar-refractivity contribution < 1.29 is 4.39 Å². The highest BCUT2D eigenvalue weighted by molar-refractivity contribution is 5.61. The predicted molar refractivity (Wildman–Crippen MR) is 57.3 cm³/mol. The van der Waals surface area contributed by atoms with E-state index in [-0.39, 0.29) is 0 Å². The minimum absolute atomic E-state index is 0.387. The van der Waals surface area contributed by atoms with Gasteiger partial charge in [-0.15, -0.1) is 6.58 Å². The molecule has 1 aromatic carbocycles. The molecule has 0 spiro atoms. The number of fused-ring (bicyclic) bond motifs is 1. The van der Waals surface area contributed by atoms with E-state index in [0.29, 0.717) is 6.42 Å². The summed E-state index contributed by atoms with van der Waals surface area (Å²) in [6, 6.07) is 5.83. The second-order valence-electron chi connectivity index (χ2n) is 3.55. The number of hydrogen-bond donors (Lipinski definition) is 1.